The van der Waals surface area contributed by atoms with Crippen LogP contribution in [0.2, 0.25) is 0 Å². The number of nitrogens with one attached hydrogen (secondary N) is 1. The minimum atomic E-state index is -0.988. The number of carbonyl (C=O) groups excluding carboxylic acids is 3. The highest BCUT2D eigenvalue weighted by Crippen LogP contribution is 2.21. The molecule has 0 saturated carbocycles. The second-order valence-corrected chi connectivity index (χ2v) is 5.51. The van der Waals surface area contributed by atoms with Crippen LogP contribution in [0.3, 0.4) is 0 Å². The topological polar surface area (TPSA) is 98.5 Å². The van der Waals surface area contributed by atoms with Crippen LogP contribution in [-0.2, 0) is 20.7 Å². The van der Waals surface area contributed by atoms with E-state index in [0.29, 0.717) is 11.1 Å². The molecule has 6 heteroatoms. The molecule has 2 aromatic carbocycles. The molecule has 0 spiro atoms. The maximum atomic E-state index is 12.4. The van der Waals surface area contributed by atoms with E-state index in [1.165, 1.54) is 0 Å². The molecule has 1 heterocycles. The molecule has 122 valence electrons. The SMILES string of the molecule is NC(=O)[C@@H](NC(=O)[C@H]1Cc2ccccc2C(=O)O1)c1ccccc1. The number of cyclic esters (lactones) is 1. The molecule has 24 heavy (non-hydrogen) atoms. The number of esters is 1. The van der Waals surface area contributed by atoms with Crippen molar-refractivity contribution in [2.24, 2.45) is 5.73 Å². The molecular weight excluding hydrogens is 308 g/mol. The maximum absolute atomic E-state index is 12.4. The summed E-state index contributed by atoms with van der Waals surface area (Å²) in [4.78, 5) is 36.1. The van der Waals surface area contributed by atoms with Crippen molar-refractivity contribution in [1.29, 1.82) is 0 Å². The average molecular weight is 324 g/mol. The van der Waals surface area contributed by atoms with Crippen molar-refractivity contribution in [3.63, 3.8) is 0 Å². The number of fused-ring (bicyclic) bond motifs is 1. The molecule has 3 rings (SSSR count). The van der Waals surface area contributed by atoms with Crippen molar-refractivity contribution in [1.82, 2.24) is 5.32 Å². The molecule has 2 aromatic rings. The molecule has 0 unspecified atom stereocenters. The highest BCUT2D eigenvalue weighted by Gasteiger charge is 2.33. The van der Waals surface area contributed by atoms with E-state index in [-0.39, 0.29) is 6.42 Å². The van der Waals surface area contributed by atoms with Gasteiger partial charge in [0.1, 0.15) is 6.04 Å². The highest BCUT2D eigenvalue weighted by molar-refractivity contribution is 5.96. The molecule has 1 aliphatic rings. The van der Waals surface area contributed by atoms with Crippen LogP contribution in [0.4, 0.5) is 0 Å². The van der Waals surface area contributed by atoms with E-state index in [2.05, 4.69) is 5.32 Å². The van der Waals surface area contributed by atoms with Crippen molar-refractivity contribution >= 4 is 17.8 Å². The van der Waals surface area contributed by atoms with Crippen LogP contribution in [0.25, 0.3) is 0 Å². The van der Waals surface area contributed by atoms with Crippen molar-refractivity contribution in [2.45, 2.75) is 18.6 Å². The Labute approximate surface area is 138 Å². The van der Waals surface area contributed by atoms with Gasteiger partial charge >= 0.3 is 5.97 Å². The summed E-state index contributed by atoms with van der Waals surface area (Å²) < 4.78 is 5.19. The molecule has 1 aliphatic heterocycles. The zero-order valence-corrected chi connectivity index (χ0v) is 12.8. The van der Waals surface area contributed by atoms with Crippen LogP contribution in [-0.4, -0.2) is 23.9 Å². The number of benzene rings is 2. The van der Waals surface area contributed by atoms with Crippen LogP contribution in [0.5, 0.6) is 0 Å². The summed E-state index contributed by atoms with van der Waals surface area (Å²) in [7, 11) is 0. The lowest BCUT2D eigenvalue weighted by Crippen LogP contribution is -2.46. The van der Waals surface area contributed by atoms with Gasteiger partial charge in [-0.1, -0.05) is 48.5 Å². The standard InChI is InChI=1S/C18H16N2O4/c19-16(21)15(11-6-2-1-3-7-11)20-17(22)14-10-12-8-4-5-9-13(12)18(23)24-14/h1-9,14-15H,10H2,(H2,19,21)(H,20,22)/t14-,15+/m1/s1. The van der Waals surface area contributed by atoms with E-state index >= 15 is 0 Å². The molecule has 0 bridgehead atoms. The minimum Gasteiger partial charge on any atom is -0.448 e. The first-order valence-corrected chi connectivity index (χ1v) is 7.50. The normalized spacial score (nSPS) is 17.3. The second-order valence-electron chi connectivity index (χ2n) is 5.51. The van der Waals surface area contributed by atoms with Crippen molar-refractivity contribution < 1.29 is 19.1 Å². The van der Waals surface area contributed by atoms with Crippen LogP contribution >= 0.6 is 0 Å². The third-order valence-corrected chi connectivity index (χ3v) is 3.89. The van der Waals surface area contributed by atoms with E-state index in [9.17, 15) is 14.4 Å². The average Bonchev–Trinajstić information content (AvgIpc) is 2.60. The number of nitrogens with two attached hydrogens (primary N) is 1. The predicted octanol–water partition coefficient (Wildman–Crippen LogP) is 1.11. The van der Waals surface area contributed by atoms with Gasteiger partial charge < -0.3 is 15.8 Å². The van der Waals surface area contributed by atoms with Gasteiger partial charge in [0.15, 0.2) is 6.10 Å². The lowest BCUT2D eigenvalue weighted by atomic mass is 9.98. The third kappa shape index (κ3) is 3.12. The lowest BCUT2D eigenvalue weighted by molar-refractivity contribution is -0.134. The van der Waals surface area contributed by atoms with Gasteiger partial charge in [0.2, 0.25) is 5.91 Å². The largest absolute Gasteiger partial charge is 0.448 e. The predicted molar refractivity (Wildman–Crippen MR) is 85.9 cm³/mol. The Morgan fingerprint density at radius 2 is 1.75 bits per heavy atom. The lowest BCUT2D eigenvalue weighted by Gasteiger charge is -2.25. The van der Waals surface area contributed by atoms with Gasteiger partial charge in [-0.2, -0.15) is 0 Å². The number of hydrogen-bond acceptors (Lipinski definition) is 4. The molecule has 6 nitrogen and oxygen atoms in total. The summed E-state index contributed by atoms with van der Waals surface area (Å²) in [5.74, 6) is -1.78. The summed E-state index contributed by atoms with van der Waals surface area (Å²) in [5, 5.41) is 2.56. The first kappa shape index (κ1) is 15.7. The fourth-order valence-electron chi connectivity index (χ4n) is 2.68. The van der Waals surface area contributed by atoms with E-state index in [4.69, 9.17) is 10.5 Å². The molecule has 0 radical (unpaired) electrons. The Morgan fingerprint density at radius 3 is 2.46 bits per heavy atom. The first-order chi connectivity index (χ1) is 11.6. The summed E-state index contributed by atoms with van der Waals surface area (Å²) in [5.41, 5.74) is 7.15. The molecule has 0 saturated heterocycles. The zero-order valence-electron chi connectivity index (χ0n) is 12.8. The quantitative estimate of drug-likeness (QED) is 0.823. The van der Waals surface area contributed by atoms with Crippen LogP contribution in [0.1, 0.15) is 27.5 Å². The summed E-state index contributed by atoms with van der Waals surface area (Å²) in [6, 6.07) is 14.7. The fraction of sp³-hybridized carbons (Fsp3) is 0.167. The fourth-order valence-corrected chi connectivity index (χ4v) is 2.68. The number of primary amides is 1. The Bertz CT molecular complexity index is 789. The molecular formula is C18H16N2O4. The summed E-state index contributed by atoms with van der Waals surface area (Å²) >= 11 is 0. The van der Waals surface area contributed by atoms with Gasteiger partial charge in [0, 0.05) is 6.42 Å². The van der Waals surface area contributed by atoms with E-state index in [0.717, 1.165) is 5.56 Å². The Morgan fingerprint density at radius 1 is 1.08 bits per heavy atom. The summed E-state index contributed by atoms with van der Waals surface area (Å²) in [6.45, 7) is 0. The van der Waals surface area contributed by atoms with E-state index in [1.54, 1.807) is 54.6 Å². The van der Waals surface area contributed by atoms with Crippen molar-refractivity contribution in [3.8, 4) is 0 Å². The third-order valence-electron chi connectivity index (χ3n) is 3.89. The van der Waals surface area contributed by atoms with Crippen molar-refractivity contribution in [2.75, 3.05) is 0 Å². The number of ether oxygens (including phenoxy) is 1. The molecule has 0 aliphatic carbocycles. The van der Waals surface area contributed by atoms with Crippen LogP contribution in [0, 0.1) is 0 Å². The highest BCUT2D eigenvalue weighted by atomic mass is 16.5. The number of rotatable bonds is 4. The van der Waals surface area contributed by atoms with E-state index < -0.39 is 29.9 Å². The van der Waals surface area contributed by atoms with Gasteiger partial charge in [0.05, 0.1) is 5.56 Å². The van der Waals surface area contributed by atoms with Gasteiger partial charge in [-0.3, -0.25) is 9.59 Å². The van der Waals surface area contributed by atoms with Gasteiger partial charge in [0.25, 0.3) is 5.91 Å². The molecule has 2 amide bonds. The molecule has 0 aromatic heterocycles. The second kappa shape index (κ2) is 6.54. The Balaban J connectivity index is 1.77. The minimum absolute atomic E-state index is 0.258. The number of carbonyl (C=O) groups is 3. The Hall–Kier alpha value is -3.15. The first-order valence-electron chi connectivity index (χ1n) is 7.50. The molecule has 2 atom stereocenters. The smallest absolute Gasteiger partial charge is 0.339 e. The van der Waals surface area contributed by atoms with Crippen LogP contribution in [0.15, 0.2) is 54.6 Å². The number of hydrogen-bond donors (Lipinski definition) is 2. The Kier molecular flexibility index (Phi) is 4.29. The molecule has 0 fully saturated rings. The van der Waals surface area contributed by atoms with Gasteiger partial charge in [-0.05, 0) is 17.2 Å². The van der Waals surface area contributed by atoms with Crippen molar-refractivity contribution in [3.05, 3.63) is 71.3 Å². The number of amides is 2. The van der Waals surface area contributed by atoms with Gasteiger partial charge in [-0.25, -0.2) is 4.79 Å². The maximum Gasteiger partial charge on any atom is 0.339 e. The zero-order chi connectivity index (χ0) is 17.1. The van der Waals surface area contributed by atoms with Gasteiger partial charge in [-0.15, -0.1) is 0 Å². The molecule has 3 N–H and O–H groups in total. The van der Waals surface area contributed by atoms with E-state index in [1.807, 2.05) is 0 Å². The summed E-state index contributed by atoms with van der Waals surface area (Å²) in [6.07, 6.45) is -0.730. The monoisotopic (exact) mass is 324 g/mol. The van der Waals surface area contributed by atoms with Crippen LogP contribution < -0.4 is 11.1 Å².